The van der Waals surface area contributed by atoms with E-state index in [1.807, 2.05) is 0 Å². The molecule has 0 radical (unpaired) electrons. The first-order chi connectivity index (χ1) is 9.06. The lowest BCUT2D eigenvalue weighted by Gasteiger charge is -2.37. The average molecular weight is 268 g/mol. The maximum atomic E-state index is 12.4. The highest BCUT2D eigenvalue weighted by Gasteiger charge is 2.46. The second kappa shape index (κ2) is 4.48. The van der Waals surface area contributed by atoms with Gasteiger partial charge in [-0.15, -0.1) is 0 Å². The Balaban J connectivity index is 1.68. The van der Waals surface area contributed by atoms with Crippen molar-refractivity contribution < 1.29 is 24.6 Å². The third kappa shape index (κ3) is 2.07. The van der Waals surface area contributed by atoms with E-state index in [0.29, 0.717) is 12.8 Å². The maximum Gasteiger partial charge on any atom is 0.353 e. The Kier molecular flexibility index (Phi) is 2.93. The second-order valence-corrected chi connectivity index (χ2v) is 5.40. The second-order valence-electron chi connectivity index (χ2n) is 5.40. The molecule has 3 atom stereocenters. The van der Waals surface area contributed by atoms with Crippen LogP contribution in [-0.4, -0.2) is 57.0 Å². The van der Waals surface area contributed by atoms with E-state index in [0.717, 1.165) is 12.8 Å². The highest BCUT2D eigenvalue weighted by atomic mass is 16.6. The van der Waals surface area contributed by atoms with E-state index >= 15 is 0 Å². The zero-order valence-corrected chi connectivity index (χ0v) is 10.4. The molecule has 0 aromatic heterocycles. The monoisotopic (exact) mass is 268 g/mol. The van der Waals surface area contributed by atoms with Crippen LogP contribution in [0.4, 0.5) is 0 Å². The molecule has 104 valence electrons. The zero-order chi connectivity index (χ0) is 13.6. The molecule has 2 saturated heterocycles. The van der Waals surface area contributed by atoms with Crippen LogP contribution >= 0.6 is 0 Å². The highest BCUT2D eigenvalue weighted by Crippen LogP contribution is 2.36. The molecule has 2 N–H and O–H groups in total. The average Bonchev–Trinajstić information content (AvgIpc) is 2.93. The number of piperidine rings is 1. The molecule has 3 unspecified atom stereocenters. The number of carbonyl (C=O) groups excluding carboxylic acids is 1. The van der Waals surface area contributed by atoms with Crippen LogP contribution < -0.4 is 0 Å². The summed E-state index contributed by atoms with van der Waals surface area (Å²) in [6.45, 7) is 0. The number of hydrogen-bond acceptors (Lipinski definition) is 5. The van der Waals surface area contributed by atoms with Crippen molar-refractivity contribution in [2.75, 3.05) is 0 Å². The minimum Gasteiger partial charge on any atom is -0.477 e. The number of amides is 1. The molecule has 0 aromatic rings. The highest BCUT2D eigenvalue weighted by molar-refractivity contribution is 6.36. The summed E-state index contributed by atoms with van der Waals surface area (Å²) in [6.07, 6.45) is 1.86. The summed E-state index contributed by atoms with van der Waals surface area (Å²) < 4.78 is 0. The summed E-state index contributed by atoms with van der Waals surface area (Å²) in [5.74, 6) is -1.34. The zero-order valence-electron chi connectivity index (χ0n) is 10.4. The molecular formula is C12H16N2O5. The number of carbonyl (C=O) groups is 2. The predicted octanol–water partition coefficient (Wildman–Crippen LogP) is -0.270. The van der Waals surface area contributed by atoms with Crippen molar-refractivity contribution in [3.63, 3.8) is 0 Å². The number of carboxylic acid groups (broad SMARTS) is 1. The van der Waals surface area contributed by atoms with Gasteiger partial charge >= 0.3 is 5.97 Å². The molecule has 3 rings (SSSR count). The first kappa shape index (κ1) is 12.4. The Morgan fingerprint density at radius 3 is 2.42 bits per heavy atom. The third-order valence-corrected chi connectivity index (χ3v) is 4.15. The predicted molar refractivity (Wildman–Crippen MR) is 63.5 cm³/mol. The van der Waals surface area contributed by atoms with E-state index in [4.69, 9.17) is 9.94 Å². The van der Waals surface area contributed by atoms with E-state index in [1.165, 1.54) is 0 Å². The number of fused-ring (bicyclic) bond motifs is 2. The Morgan fingerprint density at radius 2 is 1.89 bits per heavy atom. The van der Waals surface area contributed by atoms with Gasteiger partial charge in [0.15, 0.2) is 5.71 Å². The lowest BCUT2D eigenvalue weighted by atomic mass is 9.98. The molecule has 0 spiro atoms. The largest absolute Gasteiger partial charge is 0.477 e. The van der Waals surface area contributed by atoms with Gasteiger partial charge in [0.25, 0.3) is 5.91 Å². The van der Waals surface area contributed by atoms with Gasteiger partial charge in [-0.25, -0.2) is 4.79 Å². The first-order valence-corrected chi connectivity index (χ1v) is 6.52. The van der Waals surface area contributed by atoms with Gasteiger partial charge in [-0.1, -0.05) is 5.16 Å². The van der Waals surface area contributed by atoms with Crippen LogP contribution in [0.5, 0.6) is 0 Å². The van der Waals surface area contributed by atoms with Crippen LogP contribution in [0, 0.1) is 0 Å². The number of aliphatic carboxylic acids is 1. The quantitative estimate of drug-likeness (QED) is 0.718. The molecule has 7 heteroatoms. The molecular weight excluding hydrogens is 252 g/mol. The van der Waals surface area contributed by atoms with Gasteiger partial charge in [-0.2, -0.15) is 0 Å². The third-order valence-electron chi connectivity index (χ3n) is 4.15. The number of nitrogens with zero attached hydrogens (tertiary/aromatic N) is 2. The van der Waals surface area contributed by atoms with Crippen LogP contribution in [0.2, 0.25) is 0 Å². The van der Waals surface area contributed by atoms with Crippen molar-refractivity contribution in [1.82, 2.24) is 4.90 Å². The van der Waals surface area contributed by atoms with E-state index in [1.54, 1.807) is 4.90 Å². The lowest BCUT2D eigenvalue weighted by Crippen LogP contribution is -2.51. The van der Waals surface area contributed by atoms with Gasteiger partial charge in [0.1, 0.15) is 0 Å². The first-order valence-electron chi connectivity index (χ1n) is 6.52. The van der Waals surface area contributed by atoms with Crippen molar-refractivity contribution in [1.29, 1.82) is 0 Å². The SMILES string of the molecule is O=C(O)C1=NOC(C(=O)N2C3CCC2CC(O)C3)C1. The number of rotatable bonds is 2. The molecule has 1 amide bonds. The Hall–Kier alpha value is -1.63. The minimum atomic E-state index is -1.15. The fourth-order valence-electron chi connectivity index (χ4n) is 3.31. The van der Waals surface area contributed by atoms with E-state index in [-0.39, 0.29) is 36.2 Å². The van der Waals surface area contributed by atoms with Crippen LogP contribution in [0.15, 0.2) is 5.16 Å². The van der Waals surface area contributed by atoms with Gasteiger partial charge in [0.2, 0.25) is 6.10 Å². The number of aliphatic hydroxyl groups excluding tert-OH is 1. The van der Waals surface area contributed by atoms with E-state index in [2.05, 4.69) is 5.16 Å². The molecule has 3 aliphatic rings. The summed E-state index contributed by atoms with van der Waals surface area (Å²) in [7, 11) is 0. The van der Waals surface area contributed by atoms with Crippen LogP contribution in [0.25, 0.3) is 0 Å². The summed E-state index contributed by atoms with van der Waals surface area (Å²) in [5, 5.41) is 21.9. The molecule has 2 bridgehead atoms. The fraction of sp³-hybridized carbons (Fsp3) is 0.750. The Morgan fingerprint density at radius 1 is 1.26 bits per heavy atom. The number of hydrogen-bond donors (Lipinski definition) is 2. The maximum absolute atomic E-state index is 12.4. The van der Waals surface area contributed by atoms with Gasteiger partial charge in [0.05, 0.1) is 6.10 Å². The van der Waals surface area contributed by atoms with Gasteiger partial charge in [-0.05, 0) is 25.7 Å². The summed E-state index contributed by atoms with van der Waals surface area (Å²) in [4.78, 5) is 29.9. The molecule has 3 aliphatic heterocycles. The number of carboxylic acids is 1. The molecule has 3 heterocycles. The van der Waals surface area contributed by atoms with E-state index in [9.17, 15) is 14.7 Å². The lowest BCUT2D eigenvalue weighted by molar-refractivity contribution is -0.148. The Labute approximate surface area is 109 Å². The van der Waals surface area contributed by atoms with Crippen LogP contribution in [-0.2, 0) is 14.4 Å². The van der Waals surface area contributed by atoms with Crippen molar-refractivity contribution in [3.05, 3.63) is 0 Å². The molecule has 0 saturated carbocycles. The van der Waals surface area contributed by atoms with Crippen molar-refractivity contribution in [2.24, 2.45) is 5.16 Å². The van der Waals surface area contributed by atoms with Gasteiger partial charge < -0.3 is 20.0 Å². The minimum absolute atomic E-state index is 0.0205. The fourth-order valence-corrected chi connectivity index (χ4v) is 3.31. The summed E-state index contributed by atoms with van der Waals surface area (Å²) >= 11 is 0. The smallest absolute Gasteiger partial charge is 0.353 e. The van der Waals surface area contributed by atoms with Crippen LogP contribution in [0.3, 0.4) is 0 Å². The Bertz CT molecular complexity index is 435. The number of aliphatic hydroxyl groups is 1. The van der Waals surface area contributed by atoms with E-state index < -0.39 is 12.1 Å². The molecule has 0 aromatic carbocycles. The molecule has 0 aliphatic carbocycles. The van der Waals surface area contributed by atoms with Crippen LogP contribution in [0.1, 0.15) is 32.1 Å². The van der Waals surface area contributed by atoms with Crippen molar-refractivity contribution in [2.45, 2.75) is 56.4 Å². The standard InChI is InChI=1S/C12H16N2O5/c15-8-3-6-1-2-7(4-8)14(6)11(16)10-5-9(12(17)18)13-19-10/h6-8,10,15H,1-5H2,(H,17,18). The van der Waals surface area contributed by atoms with Gasteiger partial charge in [-0.3, -0.25) is 4.79 Å². The number of oxime groups is 1. The molecule has 2 fully saturated rings. The van der Waals surface area contributed by atoms with Crippen molar-refractivity contribution in [3.8, 4) is 0 Å². The molecule has 7 nitrogen and oxygen atoms in total. The summed E-state index contributed by atoms with van der Waals surface area (Å²) in [6, 6.07) is 0.109. The van der Waals surface area contributed by atoms with Crippen molar-refractivity contribution >= 4 is 17.6 Å². The normalized spacial score (nSPS) is 36.9. The topological polar surface area (TPSA) is 99.4 Å². The molecule has 19 heavy (non-hydrogen) atoms. The summed E-state index contributed by atoms with van der Waals surface area (Å²) in [5.41, 5.74) is -0.109. The van der Waals surface area contributed by atoms with Gasteiger partial charge in [0, 0.05) is 18.5 Å².